The summed E-state index contributed by atoms with van der Waals surface area (Å²) in [6.45, 7) is 0. The molecule has 126 valence electrons. The summed E-state index contributed by atoms with van der Waals surface area (Å²) in [5, 5.41) is 5.15. The average molecular weight is 332 g/mol. The third-order valence-corrected chi connectivity index (χ3v) is 4.00. The molecule has 25 heavy (non-hydrogen) atoms. The van der Waals surface area contributed by atoms with E-state index in [9.17, 15) is 9.59 Å². The molecule has 0 aliphatic heterocycles. The molecule has 0 saturated carbocycles. The van der Waals surface area contributed by atoms with Gasteiger partial charge in [0, 0.05) is 25.3 Å². The van der Waals surface area contributed by atoms with E-state index < -0.39 is 0 Å². The second-order valence-electron chi connectivity index (χ2n) is 6.18. The molecule has 0 heterocycles. The topological polar surface area (TPSA) is 49.4 Å². The Labute approximate surface area is 147 Å². The first-order valence-electron chi connectivity index (χ1n) is 8.12. The van der Waals surface area contributed by atoms with E-state index in [1.165, 1.54) is 4.90 Å². The maximum absolute atomic E-state index is 12.3. The fourth-order valence-corrected chi connectivity index (χ4v) is 2.69. The lowest BCUT2D eigenvalue weighted by Crippen LogP contribution is -2.21. The fourth-order valence-electron chi connectivity index (χ4n) is 2.69. The van der Waals surface area contributed by atoms with Crippen molar-refractivity contribution in [3.05, 3.63) is 77.9 Å². The van der Waals surface area contributed by atoms with Crippen molar-refractivity contribution in [1.29, 1.82) is 0 Å². The van der Waals surface area contributed by atoms with E-state index in [1.54, 1.807) is 38.4 Å². The molecular formula is C21H20N2O2. The van der Waals surface area contributed by atoms with Gasteiger partial charge in [-0.2, -0.15) is 0 Å². The van der Waals surface area contributed by atoms with E-state index in [-0.39, 0.29) is 11.8 Å². The Morgan fingerprint density at radius 3 is 2.24 bits per heavy atom. The predicted molar refractivity (Wildman–Crippen MR) is 101 cm³/mol. The molecule has 3 rings (SSSR count). The first-order valence-corrected chi connectivity index (χ1v) is 8.12. The molecule has 1 N–H and O–H groups in total. The highest BCUT2D eigenvalue weighted by atomic mass is 16.2. The van der Waals surface area contributed by atoms with Crippen LogP contribution in [0.2, 0.25) is 0 Å². The highest BCUT2D eigenvalue weighted by molar-refractivity contribution is 5.96. The van der Waals surface area contributed by atoms with Crippen LogP contribution in [0.3, 0.4) is 0 Å². The first-order chi connectivity index (χ1) is 12.0. The lowest BCUT2D eigenvalue weighted by atomic mass is 10.0. The number of nitrogens with zero attached hydrogens (tertiary/aromatic N) is 1. The van der Waals surface area contributed by atoms with Crippen molar-refractivity contribution in [2.75, 3.05) is 19.4 Å². The summed E-state index contributed by atoms with van der Waals surface area (Å²) in [6.07, 6.45) is 0.309. The molecule has 0 radical (unpaired) electrons. The lowest BCUT2D eigenvalue weighted by molar-refractivity contribution is -0.115. The van der Waals surface area contributed by atoms with Gasteiger partial charge in [0.15, 0.2) is 0 Å². The Morgan fingerprint density at radius 2 is 1.56 bits per heavy atom. The lowest BCUT2D eigenvalue weighted by Gasteiger charge is -2.11. The van der Waals surface area contributed by atoms with Gasteiger partial charge in [-0.1, -0.05) is 42.5 Å². The quantitative estimate of drug-likeness (QED) is 0.791. The molecule has 0 spiro atoms. The second kappa shape index (κ2) is 7.18. The predicted octanol–water partition coefficient (Wildman–Crippen LogP) is 3.72. The van der Waals surface area contributed by atoms with Crippen molar-refractivity contribution < 1.29 is 9.59 Å². The Morgan fingerprint density at radius 1 is 0.880 bits per heavy atom. The van der Waals surface area contributed by atoms with Gasteiger partial charge in [-0.05, 0) is 40.6 Å². The summed E-state index contributed by atoms with van der Waals surface area (Å²) in [5.74, 6) is -0.143. The number of hydrogen-bond acceptors (Lipinski definition) is 2. The van der Waals surface area contributed by atoms with E-state index >= 15 is 0 Å². The number of nitrogens with one attached hydrogen (secondary N) is 1. The van der Waals surface area contributed by atoms with Crippen LogP contribution < -0.4 is 5.32 Å². The van der Waals surface area contributed by atoms with Gasteiger partial charge in [0.1, 0.15) is 0 Å². The molecular weight excluding hydrogens is 312 g/mol. The van der Waals surface area contributed by atoms with Crippen molar-refractivity contribution in [3.63, 3.8) is 0 Å². The number of carbonyl (C=O) groups excluding carboxylic acids is 2. The van der Waals surface area contributed by atoms with Gasteiger partial charge >= 0.3 is 0 Å². The highest BCUT2D eigenvalue weighted by Crippen LogP contribution is 2.17. The minimum absolute atomic E-state index is 0.0611. The summed E-state index contributed by atoms with van der Waals surface area (Å²) < 4.78 is 0. The van der Waals surface area contributed by atoms with Crippen molar-refractivity contribution in [2.24, 2.45) is 0 Å². The standard InChI is InChI=1S/C21H20N2O2/c1-23(2)21(25)17-9-11-19(12-10-17)22-20(24)14-15-7-8-16-5-3-4-6-18(16)13-15/h3-13H,14H2,1-2H3,(H,22,24). The van der Waals surface area contributed by atoms with Gasteiger partial charge in [0.2, 0.25) is 5.91 Å². The third-order valence-electron chi connectivity index (χ3n) is 4.00. The van der Waals surface area contributed by atoms with Gasteiger partial charge < -0.3 is 10.2 Å². The van der Waals surface area contributed by atoms with E-state index in [1.807, 2.05) is 36.4 Å². The van der Waals surface area contributed by atoms with Crippen molar-refractivity contribution in [3.8, 4) is 0 Å². The fraction of sp³-hybridized carbons (Fsp3) is 0.143. The van der Waals surface area contributed by atoms with Crippen LogP contribution in [0.15, 0.2) is 66.7 Å². The third kappa shape index (κ3) is 4.04. The molecule has 0 aromatic heterocycles. The zero-order valence-electron chi connectivity index (χ0n) is 14.3. The van der Waals surface area contributed by atoms with Crippen LogP contribution in [-0.2, 0) is 11.2 Å². The van der Waals surface area contributed by atoms with Crippen LogP contribution in [0, 0.1) is 0 Å². The van der Waals surface area contributed by atoms with E-state index in [4.69, 9.17) is 0 Å². The smallest absolute Gasteiger partial charge is 0.253 e. The molecule has 0 unspecified atom stereocenters. The number of hydrogen-bond donors (Lipinski definition) is 1. The number of fused-ring (bicyclic) bond motifs is 1. The monoisotopic (exact) mass is 332 g/mol. The van der Waals surface area contributed by atoms with Crippen molar-refractivity contribution in [2.45, 2.75) is 6.42 Å². The van der Waals surface area contributed by atoms with Gasteiger partial charge in [0.05, 0.1) is 6.42 Å². The van der Waals surface area contributed by atoms with Crippen LogP contribution in [-0.4, -0.2) is 30.8 Å². The van der Waals surface area contributed by atoms with Crippen LogP contribution in [0.4, 0.5) is 5.69 Å². The molecule has 0 saturated heterocycles. The molecule has 3 aromatic carbocycles. The maximum Gasteiger partial charge on any atom is 0.253 e. The molecule has 0 bridgehead atoms. The van der Waals surface area contributed by atoms with Crippen LogP contribution in [0.5, 0.6) is 0 Å². The van der Waals surface area contributed by atoms with Gasteiger partial charge in [-0.25, -0.2) is 0 Å². The largest absolute Gasteiger partial charge is 0.345 e. The Balaban J connectivity index is 1.66. The number of rotatable bonds is 4. The van der Waals surface area contributed by atoms with Gasteiger partial charge in [-0.3, -0.25) is 9.59 Å². The Bertz CT molecular complexity index is 915. The first kappa shape index (κ1) is 16.7. The Kier molecular flexibility index (Phi) is 4.80. The van der Waals surface area contributed by atoms with Crippen LogP contribution in [0.1, 0.15) is 15.9 Å². The molecule has 0 atom stereocenters. The van der Waals surface area contributed by atoms with Crippen LogP contribution in [0.25, 0.3) is 10.8 Å². The maximum atomic E-state index is 12.3. The number of carbonyl (C=O) groups is 2. The van der Waals surface area contributed by atoms with Gasteiger partial charge in [-0.15, -0.1) is 0 Å². The van der Waals surface area contributed by atoms with Crippen molar-refractivity contribution in [1.82, 2.24) is 4.90 Å². The summed E-state index contributed by atoms with van der Waals surface area (Å²) in [6, 6.07) is 21.0. The average Bonchev–Trinajstić information content (AvgIpc) is 2.61. The molecule has 3 aromatic rings. The summed E-state index contributed by atoms with van der Waals surface area (Å²) in [4.78, 5) is 25.6. The zero-order chi connectivity index (χ0) is 17.8. The second-order valence-corrected chi connectivity index (χ2v) is 6.18. The molecule has 4 nitrogen and oxygen atoms in total. The number of benzene rings is 3. The highest BCUT2D eigenvalue weighted by Gasteiger charge is 2.09. The molecule has 0 aliphatic carbocycles. The number of anilines is 1. The van der Waals surface area contributed by atoms with E-state index in [0.717, 1.165) is 16.3 Å². The molecule has 2 amide bonds. The summed E-state index contributed by atoms with van der Waals surface area (Å²) >= 11 is 0. The normalized spacial score (nSPS) is 10.5. The Hall–Kier alpha value is -3.14. The van der Waals surface area contributed by atoms with E-state index in [0.29, 0.717) is 17.7 Å². The zero-order valence-corrected chi connectivity index (χ0v) is 14.3. The molecule has 4 heteroatoms. The SMILES string of the molecule is CN(C)C(=O)c1ccc(NC(=O)Cc2ccc3ccccc3c2)cc1. The molecule has 0 fully saturated rings. The summed E-state index contributed by atoms with van der Waals surface area (Å²) in [5.41, 5.74) is 2.24. The van der Waals surface area contributed by atoms with Gasteiger partial charge in [0.25, 0.3) is 5.91 Å². The van der Waals surface area contributed by atoms with Crippen molar-refractivity contribution >= 4 is 28.3 Å². The van der Waals surface area contributed by atoms with E-state index in [2.05, 4.69) is 11.4 Å². The minimum Gasteiger partial charge on any atom is -0.345 e. The molecule has 0 aliphatic rings. The minimum atomic E-state index is -0.0815. The summed E-state index contributed by atoms with van der Waals surface area (Å²) in [7, 11) is 3.42. The van der Waals surface area contributed by atoms with Crippen LogP contribution >= 0.6 is 0 Å². The number of amides is 2.